The number of carbonyl (C=O) groups is 2. The van der Waals surface area contributed by atoms with E-state index in [0.717, 1.165) is 12.2 Å². The molecule has 0 spiro atoms. The SMILES string of the molecule is CCC(CSC)N(C)C(=O)NC(CC(=O)O)CC(C)(C)C. The minimum absolute atomic E-state index is 0.0323. The zero-order chi connectivity index (χ0) is 16.6. The molecule has 2 amide bonds. The first kappa shape index (κ1) is 20.1. The van der Waals surface area contributed by atoms with E-state index in [2.05, 4.69) is 12.2 Å². The van der Waals surface area contributed by atoms with Crippen LogP contribution in [0.2, 0.25) is 0 Å². The minimum Gasteiger partial charge on any atom is -0.481 e. The van der Waals surface area contributed by atoms with Crippen LogP contribution in [0, 0.1) is 5.41 Å². The summed E-state index contributed by atoms with van der Waals surface area (Å²) >= 11 is 1.70. The minimum atomic E-state index is -0.886. The lowest BCUT2D eigenvalue weighted by molar-refractivity contribution is -0.137. The molecule has 0 saturated carbocycles. The quantitative estimate of drug-likeness (QED) is 0.721. The van der Waals surface area contributed by atoms with Gasteiger partial charge < -0.3 is 15.3 Å². The number of rotatable bonds is 8. The Hall–Kier alpha value is -0.910. The Kier molecular flexibility index (Phi) is 8.78. The molecule has 2 unspecified atom stereocenters. The van der Waals surface area contributed by atoms with Gasteiger partial charge in [0.25, 0.3) is 0 Å². The maximum Gasteiger partial charge on any atom is 0.317 e. The molecule has 21 heavy (non-hydrogen) atoms. The molecular formula is C15H30N2O3S. The second kappa shape index (κ2) is 9.18. The largest absolute Gasteiger partial charge is 0.481 e. The van der Waals surface area contributed by atoms with Crippen molar-refractivity contribution >= 4 is 23.8 Å². The average Bonchev–Trinajstić information content (AvgIpc) is 2.31. The van der Waals surface area contributed by atoms with Crippen LogP contribution in [0.5, 0.6) is 0 Å². The van der Waals surface area contributed by atoms with Crippen molar-refractivity contribution in [2.24, 2.45) is 5.41 Å². The van der Waals surface area contributed by atoms with Gasteiger partial charge in [0, 0.05) is 24.9 Å². The van der Waals surface area contributed by atoms with Gasteiger partial charge >= 0.3 is 12.0 Å². The lowest BCUT2D eigenvalue weighted by Crippen LogP contribution is -2.49. The second-order valence-corrected chi connectivity index (χ2v) is 7.55. The number of hydrogen-bond donors (Lipinski definition) is 2. The molecule has 2 atom stereocenters. The number of urea groups is 1. The van der Waals surface area contributed by atoms with Crippen LogP contribution in [0.4, 0.5) is 4.79 Å². The lowest BCUT2D eigenvalue weighted by atomic mass is 9.87. The van der Waals surface area contributed by atoms with Gasteiger partial charge in [-0.05, 0) is 24.5 Å². The molecule has 0 aromatic rings. The molecule has 0 radical (unpaired) electrons. The summed E-state index contributed by atoms with van der Waals surface area (Å²) in [5.41, 5.74) is -0.0323. The van der Waals surface area contributed by atoms with E-state index >= 15 is 0 Å². The fraction of sp³-hybridized carbons (Fsp3) is 0.867. The predicted octanol–water partition coefficient (Wildman–Crippen LogP) is 3.05. The fourth-order valence-electron chi connectivity index (χ4n) is 2.26. The van der Waals surface area contributed by atoms with Crippen LogP contribution in [0.15, 0.2) is 0 Å². The third-order valence-electron chi connectivity index (χ3n) is 3.31. The summed E-state index contributed by atoms with van der Waals surface area (Å²) in [6.45, 7) is 8.18. The van der Waals surface area contributed by atoms with Crippen molar-refractivity contribution in [2.45, 2.75) is 59.0 Å². The zero-order valence-corrected chi connectivity index (χ0v) is 14.9. The van der Waals surface area contributed by atoms with Crippen molar-refractivity contribution in [3.8, 4) is 0 Å². The first-order valence-electron chi connectivity index (χ1n) is 7.34. The molecule has 0 saturated heterocycles. The Bertz CT molecular complexity index is 342. The van der Waals surface area contributed by atoms with Crippen LogP contribution in [-0.4, -0.2) is 53.1 Å². The highest BCUT2D eigenvalue weighted by molar-refractivity contribution is 7.98. The normalized spacial score (nSPS) is 14.4. The van der Waals surface area contributed by atoms with Crippen LogP contribution in [0.25, 0.3) is 0 Å². The van der Waals surface area contributed by atoms with E-state index in [0.29, 0.717) is 6.42 Å². The Morgan fingerprint density at radius 2 is 1.90 bits per heavy atom. The molecule has 0 aromatic heterocycles. The first-order chi connectivity index (χ1) is 9.60. The summed E-state index contributed by atoms with van der Waals surface area (Å²) in [5.74, 6) is -0.00752. The van der Waals surface area contributed by atoms with Crippen molar-refractivity contribution in [1.82, 2.24) is 10.2 Å². The molecule has 0 aliphatic carbocycles. The molecule has 0 rings (SSSR count). The lowest BCUT2D eigenvalue weighted by Gasteiger charge is -2.31. The van der Waals surface area contributed by atoms with E-state index in [-0.39, 0.29) is 30.0 Å². The molecule has 0 bridgehead atoms. The second-order valence-electron chi connectivity index (χ2n) is 6.64. The summed E-state index contributed by atoms with van der Waals surface area (Å²) in [4.78, 5) is 25.0. The highest BCUT2D eigenvalue weighted by Crippen LogP contribution is 2.22. The van der Waals surface area contributed by atoms with Crippen LogP contribution < -0.4 is 5.32 Å². The van der Waals surface area contributed by atoms with E-state index in [1.165, 1.54) is 0 Å². The van der Waals surface area contributed by atoms with E-state index in [9.17, 15) is 9.59 Å². The Morgan fingerprint density at radius 3 is 2.29 bits per heavy atom. The van der Waals surface area contributed by atoms with Crippen LogP contribution >= 0.6 is 11.8 Å². The maximum atomic E-state index is 12.3. The van der Waals surface area contributed by atoms with E-state index < -0.39 is 5.97 Å². The molecular weight excluding hydrogens is 288 g/mol. The molecule has 0 fully saturated rings. The molecule has 124 valence electrons. The monoisotopic (exact) mass is 318 g/mol. The van der Waals surface area contributed by atoms with Crippen molar-refractivity contribution < 1.29 is 14.7 Å². The summed E-state index contributed by atoms with van der Waals surface area (Å²) in [6.07, 6.45) is 3.49. The molecule has 0 heterocycles. The number of hydrogen-bond acceptors (Lipinski definition) is 3. The number of nitrogens with zero attached hydrogens (tertiary/aromatic N) is 1. The van der Waals surface area contributed by atoms with Gasteiger partial charge in [0.15, 0.2) is 0 Å². The first-order valence-corrected chi connectivity index (χ1v) is 8.74. The molecule has 5 nitrogen and oxygen atoms in total. The standard InChI is InChI=1S/C15H30N2O3S/c1-7-12(10-21-6)17(5)14(20)16-11(8-13(18)19)9-15(2,3)4/h11-12H,7-10H2,1-6H3,(H,16,20)(H,18,19). The highest BCUT2D eigenvalue weighted by Gasteiger charge is 2.25. The molecule has 0 aliphatic rings. The summed E-state index contributed by atoms with van der Waals surface area (Å²) in [6, 6.07) is -0.365. The predicted molar refractivity (Wildman–Crippen MR) is 88.9 cm³/mol. The van der Waals surface area contributed by atoms with Gasteiger partial charge in [-0.3, -0.25) is 4.79 Å². The smallest absolute Gasteiger partial charge is 0.317 e. The summed E-state index contributed by atoms with van der Waals surface area (Å²) < 4.78 is 0. The van der Waals surface area contributed by atoms with Gasteiger partial charge in [0.2, 0.25) is 0 Å². The van der Waals surface area contributed by atoms with Crippen molar-refractivity contribution in [3.63, 3.8) is 0 Å². The number of carbonyl (C=O) groups excluding carboxylic acids is 1. The third kappa shape index (κ3) is 8.86. The Morgan fingerprint density at radius 1 is 1.33 bits per heavy atom. The number of carboxylic acid groups (broad SMARTS) is 1. The van der Waals surface area contributed by atoms with Crippen LogP contribution in [0.3, 0.4) is 0 Å². The number of nitrogens with one attached hydrogen (secondary N) is 1. The van der Waals surface area contributed by atoms with Crippen molar-refractivity contribution in [3.05, 3.63) is 0 Å². The summed E-state index contributed by atoms with van der Waals surface area (Å²) in [7, 11) is 1.77. The number of amides is 2. The fourth-order valence-corrected chi connectivity index (χ4v) is 3.11. The topological polar surface area (TPSA) is 69.6 Å². The van der Waals surface area contributed by atoms with Gasteiger partial charge in [-0.1, -0.05) is 27.7 Å². The molecule has 0 aliphatic heterocycles. The third-order valence-corrected chi connectivity index (χ3v) is 4.02. The van der Waals surface area contributed by atoms with Crippen molar-refractivity contribution in [2.75, 3.05) is 19.1 Å². The average molecular weight is 318 g/mol. The van der Waals surface area contributed by atoms with Crippen LogP contribution in [0.1, 0.15) is 47.0 Å². The van der Waals surface area contributed by atoms with E-state index in [1.807, 2.05) is 27.0 Å². The van der Waals surface area contributed by atoms with Crippen LogP contribution in [-0.2, 0) is 4.79 Å². The Balaban J connectivity index is 4.74. The maximum absolute atomic E-state index is 12.3. The van der Waals surface area contributed by atoms with E-state index in [1.54, 1.807) is 23.7 Å². The van der Waals surface area contributed by atoms with Gasteiger partial charge in [0.1, 0.15) is 0 Å². The van der Waals surface area contributed by atoms with Gasteiger partial charge in [-0.2, -0.15) is 11.8 Å². The molecule has 2 N–H and O–H groups in total. The molecule has 6 heteroatoms. The number of carboxylic acids is 1. The zero-order valence-electron chi connectivity index (χ0n) is 14.1. The van der Waals surface area contributed by atoms with Gasteiger partial charge in [-0.25, -0.2) is 4.79 Å². The summed E-state index contributed by atoms with van der Waals surface area (Å²) in [5, 5.41) is 11.9. The van der Waals surface area contributed by atoms with Crippen molar-refractivity contribution in [1.29, 1.82) is 0 Å². The highest BCUT2D eigenvalue weighted by atomic mass is 32.2. The van der Waals surface area contributed by atoms with Gasteiger partial charge in [-0.15, -0.1) is 0 Å². The number of thioether (sulfide) groups is 1. The molecule has 0 aromatic carbocycles. The van der Waals surface area contributed by atoms with E-state index in [4.69, 9.17) is 5.11 Å². The Labute approximate surface area is 132 Å². The number of aliphatic carboxylic acids is 1. The van der Waals surface area contributed by atoms with Gasteiger partial charge in [0.05, 0.1) is 6.42 Å².